The van der Waals surface area contributed by atoms with E-state index in [9.17, 15) is 4.79 Å². The van der Waals surface area contributed by atoms with Crippen LogP contribution in [0.25, 0.3) is 16.3 Å². The van der Waals surface area contributed by atoms with E-state index in [0.29, 0.717) is 17.2 Å². The second-order valence-corrected chi connectivity index (χ2v) is 5.11. The summed E-state index contributed by atoms with van der Waals surface area (Å²) < 4.78 is 5.17. The van der Waals surface area contributed by atoms with Crippen molar-refractivity contribution in [3.05, 3.63) is 53.6 Å². The first kappa shape index (κ1) is 14.6. The van der Waals surface area contributed by atoms with E-state index in [1.807, 2.05) is 36.4 Å². The number of benzene rings is 2. The number of ether oxygens (including phenoxy) is 1. The fraction of sp³-hybridized carbons (Fsp3) is 0.235. The molecule has 2 nitrogen and oxygen atoms in total. The number of hydrogen-bond acceptors (Lipinski definition) is 2. The first-order chi connectivity index (χ1) is 9.61. The van der Waals surface area contributed by atoms with Crippen LogP contribution in [0.15, 0.2) is 43.0 Å². The fourth-order valence-electron chi connectivity index (χ4n) is 1.92. The Balaban J connectivity index is 2.18. The average molecular weight is 289 g/mol. The van der Waals surface area contributed by atoms with Crippen LogP contribution in [-0.4, -0.2) is 12.6 Å². The number of esters is 1. The smallest absolute Gasteiger partial charge is 0.338 e. The monoisotopic (exact) mass is 288 g/mol. The molecule has 0 unspecified atom stereocenters. The molecule has 0 amide bonds. The predicted molar refractivity (Wildman–Crippen MR) is 83.9 cm³/mol. The summed E-state index contributed by atoms with van der Waals surface area (Å²) in [4.78, 5) is 11.9. The van der Waals surface area contributed by atoms with E-state index in [1.54, 1.807) is 0 Å². The van der Waals surface area contributed by atoms with Crippen LogP contribution < -0.4 is 0 Å². The van der Waals surface area contributed by atoms with Gasteiger partial charge in [0.25, 0.3) is 0 Å². The maximum atomic E-state index is 11.9. The lowest BCUT2D eigenvalue weighted by molar-refractivity contribution is -0.136. The molecule has 2 aromatic carbocycles. The Hall–Kier alpha value is -1.80. The maximum Gasteiger partial charge on any atom is 0.338 e. The topological polar surface area (TPSA) is 26.3 Å². The summed E-state index contributed by atoms with van der Waals surface area (Å²) >= 11 is 5.95. The van der Waals surface area contributed by atoms with Gasteiger partial charge >= 0.3 is 5.97 Å². The number of carbonyl (C=O) groups excluding carboxylic acids is 1. The summed E-state index contributed by atoms with van der Waals surface area (Å²) in [6, 6.07) is 11.4. The van der Waals surface area contributed by atoms with Gasteiger partial charge in [0, 0.05) is 5.02 Å². The molecule has 0 spiro atoms. The highest BCUT2D eigenvalue weighted by Gasteiger charge is 2.11. The fourth-order valence-corrected chi connectivity index (χ4v) is 2.10. The highest BCUT2D eigenvalue weighted by molar-refractivity contribution is 6.31. The number of unbranched alkanes of at least 4 members (excludes halogenated alkanes) is 1. The Morgan fingerprint density at radius 2 is 1.90 bits per heavy atom. The van der Waals surface area contributed by atoms with Crippen molar-refractivity contribution in [3.63, 3.8) is 0 Å². The van der Waals surface area contributed by atoms with Gasteiger partial charge in [-0.3, -0.25) is 0 Å². The molecule has 0 fully saturated rings. The molecule has 0 aliphatic heterocycles. The van der Waals surface area contributed by atoms with Crippen LogP contribution in [0.4, 0.5) is 0 Å². The highest BCUT2D eigenvalue weighted by Crippen LogP contribution is 2.24. The van der Waals surface area contributed by atoms with Crippen molar-refractivity contribution < 1.29 is 9.53 Å². The Bertz CT molecular complexity index is 646. The van der Waals surface area contributed by atoms with E-state index in [0.717, 1.165) is 29.2 Å². The normalized spacial score (nSPS) is 10.5. The predicted octanol–water partition coefficient (Wildman–Crippen LogP) is 4.85. The quantitative estimate of drug-likeness (QED) is 0.447. The molecule has 0 atom stereocenters. The van der Waals surface area contributed by atoms with Crippen molar-refractivity contribution in [1.29, 1.82) is 0 Å². The molecule has 2 rings (SSSR count). The Morgan fingerprint density at radius 3 is 2.65 bits per heavy atom. The lowest BCUT2D eigenvalue weighted by Crippen LogP contribution is -2.07. The summed E-state index contributed by atoms with van der Waals surface area (Å²) in [5.41, 5.74) is 1.17. The maximum absolute atomic E-state index is 11.9. The molecule has 0 saturated carbocycles. The van der Waals surface area contributed by atoms with Crippen LogP contribution in [0.2, 0.25) is 5.02 Å². The molecule has 0 aliphatic carbocycles. The largest absolute Gasteiger partial charge is 0.462 e. The Kier molecular flexibility index (Phi) is 4.80. The van der Waals surface area contributed by atoms with Crippen LogP contribution in [0, 0.1) is 0 Å². The van der Waals surface area contributed by atoms with Crippen LogP contribution in [0.3, 0.4) is 0 Å². The highest BCUT2D eigenvalue weighted by atomic mass is 35.5. The third kappa shape index (κ3) is 3.40. The van der Waals surface area contributed by atoms with Gasteiger partial charge in [-0.25, -0.2) is 4.79 Å². The van der Waals surface area contributed by atoms with Gasteiger partial charge in [-0.15, -0.1) is 0 Å². The van der Waals surface area contributed by atoms with E-state index in [1.165, 1.54) is 0 Å². The van der Waals surface area contributed by atoms with Crippen molar-refractivity contribution in [2.24, 2.45) is 0 Å². The second-order valence-electron chi connectivity index (χ2n) is 4.67. The van der Waals surface area contributed by atoms with Gasteiger partial charge < -0.3 is 4.74 Å². The van der Waals surface area contributed by atoms with Crippen molar-refractivity contribution in [2.45, 2.75) is 19.8 Å². The zero-order valence-corrected chi connectivity index (χ0v) is 12.2. The molecule has 0 saturated heterocycles. The molecule has 2 aromatic rings. The van der Waals surface area contributed by atoms with E-state index >= 15 is 0 Å². The summed E-state index contributed by atoms with van der Waals surface area (Å²) in [5, 5.41) is 2.76. The lowest BCUT2D eigenvalue weighted by Gasteiger charge is -2.08. The van der Waals surface area contributed by atoms with Gasteiger partial charge in [0.15, 0.2) is 0 Å². The third-order valence-corrected chi connectivity index (χ3v) is 3.36. The standard InChI is InChI=1S/C17H17ClO2/c1-3-4-9-20-17(19)12(2)13-5-6-15-11-16(18)8-7-14(15)10-13/h5-8,10-11H,2-4,9H2,1H3. The second kappa shape index (κ2) is 6.58. The van der Waals surface area contributed by atoms with Crippen molar-refractivity contribution in [2.75, 3.05) is 6.61 Å². The summed E-state index contributed by atoms with van der Waals surface area (Å²) in [7, 11) is 0. The molecule has 104 valence electrons. The third-order valence-electron chi connectivity index (χ3n) is 3.13. The molecule has 0 radical (unpaired) electrons. The molecule has 0 aromatic heterocycles. The summed E-state index contributed by atoms with van der Waals surface area (Å²) in [5.74, 6) is -0.355. The first-order valence-electron chi connectivity index (χ1n) is 6.67. The molecular formula is C17H17ClO2. The van der Waals surface area contributed by atoms with Gasteiger partial charge in [-0.05, 0) is 41.0 Å². The number of hydrogen-bond donors (Lipinski definition) is 0. The molecular weight excluding hydrogens is 272 g/mol. The van der Waals surface area contributed by atoms with E-state index in [4.69, 9.17) is 16.3 Å². The van der Waals surface area contributed by atoms with Crippen molar-refractivity contribution in [3.8, 4) is 0 Å². The SMILES string of the molecule is C=C(C(=O)OCCCC)c1ccc2cc(Cl)ccc2c1. The minimum absolute atomic E-state index is 0.355. The molecule has 3 heteroatoms. The summed E-state index contributed by atoms with van der Waals surface area (Å²) in [6.07, 6.45) is 1.87. The van der Waals surface area contributed by atoms with Crippen LogP contribution in [0.1, 0.15) is 25.3 Å². The van der Waals surface area contributed by atoms with Crippen LogP contribution in [0.5, 0.6) is 0 Å². The first-order valence-corrected chi connectivity index (χ1v) is 7.05. The van der Waals surface area contributed by atoms with E-state index in [2.05, 4.69) is 13.5 Å². The molecule has 0 N–H and O–H groups in total. The molecule has 0 bridgehead atoms. The van der Waals surface area contributed by atoms with E-state index in [-0.39, 0.29) is 5.97 Å². The Morgan fingerprint density at radius 1 is 1.20 bits per heavy atom. The molecule has 20 heavy (non-hydrogen) atoms. The van der Waals surface area contributed by atoms with Crippen LogP contribution in [-0.2, 0) is 9.53 Å². The number of halogens is 1. The lowest BCUT2D eigenvalue weighted by atomic mass is 10.0. The number of fused-ring (bicyclic) bond motifs is 1. The van der Waals surface area contributed by atoms with Gasteiger partial charge in [0.05, 0.1) is 12.2 Å². The summed E-state index contributed by atoms with van der Waals surface area (Å²) in [6.45, 7) is 6.32. The zero-order valence-electron chi connectivity index (χ0n) is 11.5. The van der Waals surface area contributed by atoms with Gasteiger partial charge in [0.1, 0.15) is 0 Å². The van der Waals surface area contributed by atoms with Gasteiger partial charge in [0.2, 0.25) is 0 Å². The number of carbonyl (C=O) groups is 1. The molecule has 0 aliphatic rings. The minimum Gasteiger partial charge on any atom is -0.462 e. The van der Waals surface area contributed by atoms with Gasteiger partial charge in [-0.2, -0.15) is 0 Å². The van der Waals surface area contributed by atoms with Gasteiger partial charge in [-0.1, -0.05) is 49.7 Å². The van der Waals surface area contributed by atoms with Crippen molar-refractivity contribution >= 4 is 33.9 Å². The average Bonchev–Trinajstić information content (AvgIpc) is 2.46. The minimum atomic E-state index is -0.355. The van der Waals surface area contributed by atoms with E-state index < -0.39 is 0 Å². The van der Waals surface area contributed by atoms with Crippen molar-refractivity contribution in [1.82, 2.24) is 0 Å². The van der Waals surface area contributed by atoms with Crippen LogP contribution >= 0.6 is 11.6 Å². The number of rotatable bonds is 5. The zero-order chi connectivity index (χ0) is 14.5. The Labute approximate surface area is 124 Å². The molecule has 0 heterocycles.